The van der Waals surface area contributed by atoms with E-state index < -0.39 is 0 Å². The molecule has 0 spiro atoms. The summed E-state index contributed by atoms with van der Waals surface area (Å²) in [5.41, 5.74) is 6.52. The maximum Gasteiger partial charge on any atom is 0.170 e. The van der Waals surface area contributed by atoms with E-state index in [0.29, 0.717) is 6.10 Å². The minimum atomic E-state index is 0.141. The van der Waals surface area contributed by atoms with Gasteiger partial charge in [-0.15, -0.1) is 11.8 Å². The van der Waals surface area contributed by atoms with E-state index in [-0.39, 0.29) is 5.84 Å². The van der Waals surface area contributed by atoms with E-state index in [1.165, 1.54) is 4.90 Å². The molecule has 2 aromatic rings. The van der Waals surface area contributed by atoms with E-state index in [1.54, 1.807) is 0 Å². The van der Waals surface area contributed by atoms with E-state index in [0.717, 1.165) is 41.5 Å². The van der Waals surface area contributed by atoms with Crippen LogP contribution < -0.4 is 5.73 Å². The van der Waals surface area contributed by atoms with Gasteiger partial charge in [-0.3, -0.25) is 0 Å². The smallest absolute Gasteiger partial charge is 0.170 e. The van der Waals surface area contributed by atoms with Gasteiger partial charge in [-0.25, -0.2) is 0 Å². The van der Waals surface area contributed by atoms with E-state index >= 15 is 0 Å². The summed E-state index contributed by atoms with van der Waals surface area (Å²) in [4.78, 5) is 1.20. The van der Waals surface area contributed by atoms with E-state index in [1.807, 2.05) is 42.1 Å². The number of oxime groups is 1. The number of hydrogen-bond donors (Lipinski definition) is 2. The van der Waals surface area contributed by atoms with Crippen LogP contribution in [0, 0.1) is 0 Å². The Hall–Kier alpha value is -1.72. The first-order valence-corrected chi connectivity index (χ1v) is 8.02. The van der Waals surface area contributed by atoms with Gasteiger partial charge in [-0.1, -0.05) is 29.4 Å². The third kappa shape index (κ3) is 2.99. The Morgan fingerprint density at radius 2 is 2.10 bits per heavy atom. The van der Waals surface area contributed by atoms with E-state index in [9.17, 15) is 0 Å². The van der Waals surface area contributed by atoms with Gasteiger partial charge in [0.15, 0.2) is 5.84 Å². The molecule has 1 unspecified atom stereocenters. The van der Waals surface area contributed by atoms with Crippen molar-refractivity contribution in [1.29, 1.82) is 0 Å². The number of ether oxygens (including phenoxy) is 1. The van der Waals surface area contributed by atoms with Crippen molar-refractivity contribution in [1.82, 2.24) is 0 Å². The predicted octanol–water partition coefficient (Wildman–Crippen LogP) is 3.21. The van der Waals surface area contributed by atoms with Crippen molar-refractivity contribution >= 4 is 28.4 Å². The molecular formula is C16H18N2O2S. The Kier molecular flexibility index (Phi) is 4.31. The van der Waals surface area contributed by atoms with Crippen LogP contribution in [0.1, 0.15) is 18.4 Å². The van der Waals surface area contributed by atoms with Gasteiger partial charge in [0.25, 0.3) is 0 Å². The molecule has 0 radical (unpaired) electrons. The third-order valence-corrected chi connectivity index (χ3v) is 4.92. The summed E-state index contributed by atoms with van der Waals surface area (Å²) in [6, 6.07) is 12.0. The minimum absolute atomic E-state index is 0.141. The molecule has 1 heterocycles. The molecule has 1 saturated heterocycles. The van der Waals surface area contributed by atoms with Gasteiger partial charge in [-0.2, -0.15) is 0 Å². The number of fused-ring (bicyclic) bond motifs is 1. The average Bonchev–Trinajstić information content (AvgIpc) is 3.05. The van der Waals surface area contributed by atoms with Crippen molar-refractivity contribution in [3.63, 3.8) is 0 Å². The number of hydrogen-bond acceptors (Lipinski definition) is 4. The first kappa shape index (κ1) is 14.2. The van der Waals surface area contributed by atoms with E-state index in [2.05, 4.69) is 11.2 Å². The maximum absolute atomic E-state index is 8.91. The fraction of sp³-hybridized carbons (Fsp3) is 0.312. The molecule has 5 heteroatoms. The zero-order chi connectivity index (χ0) is 14.7. The van der Waals surface area contributed by atoms with Crippen molar-refractivity contribution in [3.8, 4) is 0 Å². The Balaban J connectivity index is 1.92. The molecule has 0 aromatic heterocycles. The summed E-state index contributed by atoms with van der Waals surface area (Å²) in [7, 11) is 0. The van der Waals surface area contributed by atoms with Gasteiger partial charge >= 0.3 is 0 Å². The van der Waals surface area contributed by atoms with Gasteiger partial charge in [-0.05, 0) is 35.7 Å². The summed E-state index contributed by atoms with van der Waals surface area (Å²) in [5.74, 6) is 1.11. The molecule has 1 aliphatic heterocycles. The lowest BCUT2D eigenvalue weighted by Crippen LogP contribution is -2.13. The normalized spacial score (nSPS) is 19.2. The van der Waals surface area contributed by atoms with Crippen molar-refractivity contribution in [2.45, 2.75) is 23.8 Å². The largest absolute Gasteiger partial charge is 0.409 e. The van der Waals surface area contributed by atoms with Crippen LogP contribution in [0.25, 0.3) is 10.8 Å². The fourth-order valence-electron chi connectivity index (χ4n) is 2.63. The molecule has 2 aromatic carbocycles. The summed E-state index contributed by atoms with van der Waals surface area (Å²) in [6.45, 7) is 0.883. The highest BCUT2D eigenvalue weighted by Gasteiger charge is 2.16. The number of nitrogens with zero attached hydrogens (tertiary/aromatic N) is 1. The second-order valence-electron chi connectivity index (χ2n) is 5.09. The van der Waals surface area contributed by atoms with Crippen molar-refractivity contribution in [3.05, 3.63) is 42.0 Å². The summed E-state index contributed by atoms with van der Waals surface area (Å²) >= 11 is 1.81. The van der Waals surface area contributed by atoms with Crippen LogP contribution in [-0.2, 0) is 4.74 Å². The monoisotopic (exact) mass is 302 g/mol. The number of benzene rings is 2. The SMILES string of the molecule is N/C(=N/O)c1ccc(SCC2CCCO2)c2ccccc12. The molecule has 1 atom stereocenters. The second-order valence-corrected chi connectivity index (χ2v) is 6.15. The van der Waals surface area contributed by atoms with Crippen LogP contribution in [0.2, 0.25) is 0 Å². The maximum atomic E-state index is 8.91. The Bertz CT molecular complexity index is 666. The summed E-state index contributed by atoms with van der Waals surface area (Å²) in [5, 5.41) is 14.2. The predicted molar refractivity (Wildman–Crippen MR) is 86.2 cm³/mol. The number of nitrogens with two attached hydrogens (primary N) is 1. The average molecular weight is 302 g/mol. The molecule has 4 nitrogen and oxygen atoms in total. The Morgan fingerprint density at radius 3 is 2.81 bits per heavy atom. The van der Waals surface area contributed by atoms with Crippen LogP contribution in [0.15, 0.2) is 46.4 Å². The standard InChI is InChI=1S/C16H18N2O2S/c17-16(18-19)14-7-8-15(13-6-2-1-5-12(13)14)21-10-11-4-3-9-20-11/h1-2,5-8,11,19H,3-4,9-10H2,(H2,17,18). The highest BCUT2D eigenvalue weighted by molar-refractivity contribution is 7.99. The van der Waals surface area contributed by atoms with Crippen LogP contribution in [-0.4, -0.2) is 29.5 Å². The molecule has 0 bridgehead atoms. The zero-order valence-corrected chi connectivity index (χ0v) is 12.5. The molecule has 0 amide bonds. The first-order chi connectivity index (χ1) is 10.3. The number of rotatable bonds is 4. The fourth-order valence-corrected chi connectivity index (χ4v) is 3.76. The molecule has 1 aliphatic rings. The van der Waals surface area contributed by atoms with Crippen LogP contribution >= 0.6 is 11.8 Å². The lowest BCUT2D eigenvalue weighted by atomic mass is 10.0. The Morgan fingerprint density at radius 1 is 1.29 bits per heavy atom. The third-order valence-electron chi connectivity index (χ3n) is 3.72. The second kappa shape index (κ2) is 6.37. The van der Waals surface area contributed by atoms with Crippen LogP contribution in [0.3, 0.4) is 0 Å². The highest BCUT2D eigenvalue weighted by Crippen LogP contribution is 2.32. The molecule has 3 N–H and O–H groups in total. The van der Waals surface area contributed by atoms with Gasteiger partial charge in [0.2, 0.25) is 0 Å². The molecular weight excluding hydrogens is 284 g/mol. The Labute approximate surface area is 128 Å². The number of amidine groups is 1. The molecule has 0 saturated carbocycles. The van der Waals surface area contributed by atoms with Gasteiger partial charge in [0.05, 0.1) is 6.10 Å². The molecule has 110 valence electrons. The van der Waals surface area contributed by atoms with Crippen molar-refractivity contribution in [2.24, 2.45) is 10.9 Å². The molecule has 21 heavy (non-hydrogen) atoms. The molecule has 1 fully saturated rings. The van der Waals surface area contributed by atoms with Crippen molar-refractivity contribution < 1.29 is 9.94 Å². The van der Waals surface area contributed by atoms with Crippen molar-refractivity contribution in [2.75, 3.05) is 12.4 Å². The zero-order valence-electron chi connectivity index (χ0n) is 11.7. The number of thioether (sulfide) groups is 1. The lowest BCUT2D eigenvalue weighted by Gasteiger charge is -2.12. The van der Waals surface area contributed by atoms with Gasteiger partial charge in [0.1, 0.15) is 0 Å². The molecule has 3 rings (SSSR count). The lowest BCUT2D eigenvalue weighted by molar-refractivity contribution is 0.129. The van der Waals surface area contributed by atoms with E-state index in [4.69, 9.17) is 15.7 Å². The van der Waals surface area contributed by atoms with Gasteiger partial charge in [0, 0.05) is 22.8 Å². The van der Waals surface area contributed by atoms with Crippen LogP contribution in [0.4, 0.5) is 0 Å². The summed E-state index contributed by atoms with van der Waals surface area (Å²) < 4.78 is 5.67. The van der Waals surface area contributed by atoms with Crippen LogP contribution in [0.5, 0.6) is 0 Å². The quantitative estimate of drug-likeness (QED) is 0.299. The minimum Gasteiger partial charge on any atom is -0.409 e. The highest BCUT2D eigenvalue weighted by atomic mass is 32.2. The topological polar surface area (TPSA) is 67.8 Å². The molecule has 0 aliphatic carbocycles. The van der Waals surface area contributed by atoms with Gasteiger partial charge < -0.3 is 15.7 Å². The summed E-state index contributed by atoms with van der Waals surface area (Å²) in [6.07, 6.45) is 2.67. The first-order valence-electron chi connectivity index (χ1n) is 7.03.